The van der Waals surface area contributed by atoms with Crippen LogP contribution in [0.3, 0.4) is 0 Å². The first kappa shape index (κ1) is 17.4. The zero-order valence-electron chi connectivity index (χ0n) is 13.1. The smallest absolute Gasteiger partial charge is 0.335 e. The predicted octanol–water partition coefficient (Wildman–Crippen LogP) is 0.625. The fourth-order valence-corrected chi connectivity index (χ4v) is 2.66. The maximum Gasteiger partial charge on any atom is 0.335 e. The molecule has 7 nitrogen and oxygen atoms in total. The Bertz CT molecular complexity index is 733. The second-order valence-corrected chi connectivity index (χ2v) is 5.75. The Hall–Kier alpha value is -2.45. The molecule has 0 aliphatic carbocycles. The van der Waals surface area contributed by atoms with Crippen LogP contribution in [0.2, 0.25) is 0 Å². The van der Waals surface area contributed by atoms with Crippen molar-refractivity contribution in [3.05, 3.63) is 54.6 Å². The lowest BCUT2D eigenvalue weighted by molar-refractivity contribution is -0.271. The zero-order chi connectivity index (χ0) is 18.0. The maximum atomic E-state index is 11.1. The number of carboxylic acid groups (broad SMARTS) is 1. The molecule has 5 atom stereocenters. The van der Waals surface area contributed by atoms with Gasteiger partial charge >= 0.3 is 5.97 Å². The number of carbonyl (C=O) groups is 1. The molecule has 2 aromatic rings. The van der Waals surface area contributed by atoms with Crippen molar-refractivity contribution in [2.24, 2.45) is 0 Å². The lowest BCUT2D eigenvalue weighted by Gasteiger charge is -2.38. The molecule has 0 radical (unpaired) electrons. The highest BCUT2D eigenvalue weighted by Crippen LogP contribution is 2.28. The molecule has 25 heavy (non-hydrogen) atoms. The third-order valence-electron chi connectivity index (χ3n) is 4.01. The van der Waals surface area contributed by atoms with Crippen molar-refractivity contribution in [3.63, 3.8) is 0 Å². The van der Waals surface area contributed by atoms with Crippen molar-refractivity contribution >= 4 is 5.97 Å². The number of carboxylic acids is 1. The highest BCUT2D eigenvalue weighted by Gasteiger charge is 2.48. The molecule has 0 saturated carbocycles. The number of hydrogen-bond donors (Lipinski definition) is 4. The average Bonchev–Trinajstić information content (AvgIpc) is 2.63. The zero-order valence-corrected chi connectivity index (χ0v) is 13.1. The van der Waals surface area contributed by atoms with E-state index in [1.807, 2.05) is 36.4 Å². The minimum Gasteiger partial charge on any atom is -0.479 e. The summed E-state index contributed by atoms with van der Waals surface area (Å²) in [6.45, 7) is 0. The van der Waals surface area contributed by atoms with E-state index < -0.39 is 36.7 Å². The van der Waals surface area contributed by atoms with Gasteiger partial charge in [-0.25, -0.2) is 4.79 Å². The van der Waals surface area contributed by atoms with Crippen molar-refractivity contribution in [2.45, 2.75) is 30.7 Å². The van der Waals surface area contributed by atoms with E-state index in [4.69, 9.17) is 14.6 Å². The SMILES string of the molecule is O=C(O)[C@@H]1O[C@H](Oc2cccc(-c3ccccc3)c2)[C@@H](O)[C@H](O)[C@H]1O. The second kappa shape index (κ2) is 7.20. The minimum absolute atomic E-state index is 0.332. The Morgan fingerprint density at radius 1 is 0.880 bits per heavy atom. The van der Waals surface area contributed by atoms with Crippen molar-refractivity contribution in [3.8, 4) is 16.9 Å². The number of rotatable bonds is 4. The molecule has 2 aromatic carbocycles. The average molecular weight is 346 g/mol. The van der Waals surface area contributed by atoms with Gasteiger partial charge in [-0.15, -0.1) is 0 Å². The van der Waals surface area contributed by atoms with Crippen LogP contribution in [0.4, 0.5) is 0 Å². The molecular weight excluding hydrogens is 328 g/mol. The minimum atomic E-state index is -1.75. The number of hydrogen-bond acceptors (Lipinski definition) is 6. The highest BCUT2D eigenvalue weighted by atomic mass is 16.7. The van der Waals surface area contributed by atoms with E-state index in [0.717, 1.165) is 11.1 Å². The molecule has 0 aromatic heterocycles. The van der Waals surface area contributed by atoms with Gasteiger partial charge in [-0.3, -0.25) is 0 Å². The molecule has 0 bridgehead atoms. The molecule has 1 aliphatic heterocycles. The first-order valence-corrected chi connectivity index (χ1v) is 7.72. The first-order valence-electron chi connectivity index (χ1n) is 7.72. The molecule has 4 N–H and O–H groups in total. The topological polar surface area (TPSA) is 116 Å². The molecule has 1 fully saturated rings. The summed E-state index contributed by atoms with van der Waals surface area (Å²) in [6.07, 6.45) is -8.16. The molecule has 0 amide bonds. The van der Waals surface area contributed by atoms with Gasteiger partial charge in [0.2, 0.25) is 6.29 Å². The summed E-state index contributed by atoms with van der Waals surface area (Å²) in [5.74, 6) is -1.12. The summed E-state index contributed by atoms with van der Waals surface area (Å²) in [5, 5.41) is 38.6. The van der Waals surface area contributed by atoms with Crippen LogP contribution in [0.15, 0.2) is 54.6 Å². The van der Waals surface area contributed by atoms with E-state index >= 15 is 0 Å². The summed E-state index contributed by atoms with van der Waals surface area (Å²) in [6, 6.07) is 16.5. The molecule has 0 spiro atoms. The fourth-order valence-electron chi connectivity index (χ4n) is 2.66. The van der Waals surface area contributed by atoms with E-state index in [2.05, 4.69) is 0 Å². The van der Waals surface area contributed by atoms with Crippen LogP contribution in [0.25, 0.3) is 11.1 Å². The number of ether oxygens (including phenoxy) is 2. The van der Waals surface area contributed by atoms with E-state index in [-0.39, 0.29) is 0 Å². The largest absolute Gasteiger partial charge is 0.479 e. The Morgan fingerprint density at radius 2 is 1.56 bits per heavy atom. The molecule has 132 valence electrons. The Morgan fingerprint density at radius 3 is 2.24 bits per heavy atom. The van der Waals surface area contributed by atoms with Crippen molar-refractivity contribution < 1.29 is 34.7 Å². The normalized spacial score (nSPS) is 29.2. The van der Waals surface area contributed by atoms with Crippen LogP contribution in [-0.4, -0.2) is 57.1 Å². The number of aliphatic hydroxyl groups excluding tert-OH is 3. The van der Waals surface area contributed by atoms with Crippen LogP contribution in [0.1, 0.15) is 0 Å². The van der Waals surface area contributed by atoms with E-state index in [9.17, 15) is 20.1 Å². The maximum absolute atomic E-state index is 11.1. The van der Waals surface area contributed by atoms with Gasteiger partial charge in [-0.2, -0.15) is 0 Å². The Balaban J connectivity index is 1.80. The second-order valence-electron chi connectivity index (χ2n) is 5.75. The number of aliphatic carboxylic acids is 1. The summed E-state index contributed by atoms with van der Waals surface area (Å²) in [4.78, 5) is 11.1. The van der Waals surface area contributed by atoms with Gasteiger partial charge in [-0.1, -0.05) is 42.5 Å². The molecule has 1 saturated heterocycles. The Labute approximate surface area is 143 Å². The predicted molar refractivity (Wildman–Crippen MR) is 86.8 cm³/mol. The lowest BCUT2D eigenvalue weighted by atomic mass is 9.99. The molecule has 1 heterocycles. The van der Waals surface area contributed by atoms with Gasteiger partial charge < -0.3 is 29.9 Å². The van der Waals surface area contributed by atoms with Gasteiger partial charge in [0.25, 0.3) is 0 Å². The van der Waals surface area contributed by atoms with Crippen molar-refractivity contribution in [1.82, 2.24) is 0 Å². The third kappa shape index (κ3) is 3.64. The quantitative estimate of drug-likeness (QED) is 0.641. The summed E-state index contributed by atoms with van der Waals surface area (Å²) < 4.78 is 10.6. The molecule has 0 unspecified atom stereocenters. The molecule has 3 rings (SSSR count). The fraction of sp³-hybridized carbons (Fsp3) is 0.278. The lowest BCUT2D eigenvalue weighted by Crippen LogP contribution is -2.61. The van der Waals surface area contributed by atoms with Gasteiger partial charge in [0, 0.05) is 0 Å². The van der Waals surface area contributed by atoms with E-state index in [0.29, 0.717) is 5.75 Å². The third-order valence-corrected chi connectivity index (χ3v) is 4.01. The van der Waals surface area contributed by atoms with Gasteiger partial charge in [-0.05, 0) is 23.3 Å². The standard InChI is InChI=1S/C18H18O7/c19-13-14(20)16(17(22)23)25-18(15(13)21)24-12-8-4-7-11(9-12)10-5-2-1-3-6-10/h1-9,13-16,18-21H,(H,22,23)/t13-,14-,15+,16-,18+/m1/s1. The molecule has 7 heteroatoms. The van der Waals surface area contributed by atoms with Gasteiger partial charge in [0.15, 0.2) is 6.10 Å². The van der Waals surface area contributed by atoms with Crippen LogP contribution < -0.4 is 4.74 Å². The summed E-state index contributed by atoms with van der Waals surface area (Å²) in [7, 11) is 0. The van der Waals surface area contributed by atoms with Crippen molar-refractivity contribution in [2.75, 3.05) is 0 Å². The number of aliphatic hydroxyl groups is 3. The molecule has 1 aliphatic rings. The monoisotopic (exact) mass is 346 g/mol. The van der Waals surface area contributed by atoms with E-state index in [1.54, 1.807) is 18.2 Å². The summed E-state index contributed by atoms with van der Waals surface area (Å²) >= 11 is 0. The van der Waals surface area contributed by atoms with Gasteiger partial charge in [0.1, 0.15) is 24.1 Å². The van der Waals surface area contributed by atoms with E-state index in [1.165, 1.54) is 0 Å². The number of benzene rings is 2. The summed E-state index contributed by atoms with van der Waals surface area (Å²) in [5.41, 5.74) is 1.82. The van der Waals surface area contributed by atoms with Crippen LogP contribution in [0, 0.1) is 0 Å². The van der Waals surface area contributed by atoms with Crippen LogP contribution in [0.5, 0.6) is 5.75 Å². The van der Waals surface area contributed by atoms with Crippen molar-refractivity contribution in [1.29, 1.82) is 0 Å². The first-order chi connectivity index (χ1) is 12.0. The van der Waals surface area contributed by atoms with Gasteiger partial charge in [0.05, 0.1) is 0 Å². The van der Waals surface area contributed by atoms with Crippen LogP contribution >= 0.6 is 0 Å². The highest BCUT2D eigenvalue weighted by molar-refractivity contribution is 5.73. The Kier molecular flexibility index (Phi) is 5.00. The molecular formula is C18H18O7. The van der Waals surface area contributed by atoms with Crippen LogP contribution in [-0.2, 0) is 9.53 Å².